The second kappa shape index (κ2) is 9.06. The summed E-state index contributed by atoms with van der Waals surface area (Å²) in [6, 6.07) is 20.4. The van der Waals surface area contributed by atoms with E-state index in [0.717, 1.165) is 22.2 Å². The lowest BCUT2D eigenvalue weighted by Gasteiger charge is -2.17. The van der Waals surface area contributed by atoms with E-state index < -0.39 is 12.1 Å². The number of aromatic amines is 1. The van der Waals surface area contributed by atoms with Crippen LogP contribution < -0.4 is 5.32 Å². The second-order valence-electron chi connectivity index (χ2n) is 7.74. The third kappa shape index (κ3) is 4.39. The number of carbonyl (C=O) groups is 2. The number of imidazole rings is 1. The number of nitrogens with one attached hydrogen (secondary N) is 2. The van der Waals surface area contributed by atoms with Gasteiger partial charge in [-0.25, -0.2) is 9.78 Å². The average molecular weight is 428 g/mol. The zero-order valence-corrected chi connectivity index (χ0v) is 18.3. The highest BCUT2D eigenvalue weighted by molar-refractivity contribution is 6.00. The van der Waals surface area contributed by atoms with Crippen LogP contribution in [0.4, 0.5) is 5.69 Å². The Morgan fingerprint density at radius 1 is 1.00 bits per heavy atom. The number of hydrogen-bond donors (Lipinski definition) is 2. The fourth-order valence-electron chi connectivity index (χ4n) is 3.50. The van der Waals surface area contributed by atoms with Crippen LogP contribution in [-0.2, 0) is 9.53 Å². The number of esters is 1. The van der Waals surface area contributed by atoms with Crippen molar-refractivity contribution in [3.8, 4) is 11.4 Å². The predicted octanol–water partition coefficient (Wildman–Crippen LogP) is 5.42. The maximum atomic E-state index is 13.0. The van der Waals surface area contributed by atoms with Crippen LogP contribution in [-0.4, -0.2) is 27.9 Å². The monoisotopic (exact) mass is 427 g/mol. The first-order valence-corrected chi connectivity index (χ1v) is 10.6. The van der Waals surface area contributed by atoms with E-state index in [9.17, 15) is 9.59 Å². The molecular weight excluding hydrogens is 402 g/mol. The lowest BCUT2D eigenvalue weighted by atomic mass is 10.1. The molecule has 1 aromatic heterocycles. The number of amides is 1. The standard InChI is InChI=1S/C26H25N3O3/c1-4-23(25(30)27-18-14-13-16(2)17(3)15-18)32-26(31)20-10-6-5-9-19(20)24-28-21-11-7-8-12-22(21)29-24/h5-15,23H,4H2,1-3H3,(H,27,30)(H,28,29). The first-order valence-electron chi connectivity index (χ1n) is 10.6. The molecule has 0 aliphatic rings. The highest BCUT2D eigenvalue weighted by Crippen LogP contribution is 2.25. The Labute approximate surface area is 186 Å². The van der Waals surface area contributed by atoms with Crippen LogP contribution in [0.2, 0.25) is 0 Å². The lowest BCUT2D eigenvalue weighted by Crippen LogP contribution is -2.32. The molecule has 0 bridgehead atoms. The van der Waals surface area contributed by atoms with Crippen molar-refractivity contribution in [3.63, 3.8) is 0 Å². The summed E-state index contributed by atoms with van der Waals surface area (Å²) in [7, 11) is 0. The smallest absolute Gasteiger partial charge is 0.339 e. The Hall–Kier alpha value is -3.93. The van der Waals surface area contributed by atoms with Crippen molar-refractivity contribution in [2.24, 2.45) is 0 Å². The number of hydrogen-bond acceptors (Lipinski definition) is 4. The average Bonchev–Trinajstić information content (AvgIpc) is 3.24. The van der Waals surface area contributed by atoms with E-state index in [-0.39, 0.29) is 5.91 Å². The zero-order valence-electron chi connectivity index (χ0n) is 18.3. The van der Waals surface area contributed by atoms with Gasteiger partial charge in [0.05, 0.1) is 16.6 Å². The molecule has 32 heavy (non-hydrogen) atoms. The molecule has 6 heteroatoms. The summed E-state index contributed by atoms with van der Waals surface area (Å²) >= 11 is 0. The van der Waals surface area contributed by atoms with Gasteiger partial charge in [-0.1, -0.05) is 43.3 Å². The van der Waals surface area contributed by atoms with Crippen LogP contribution in [0, 0.1) is 13.8 Å². The molecule has 2 N–H and O–H groups in total. The van der Waals surface area contributed by atoms with Gasteiger partial charge in [0.1, 0.15) is 5.82 Å². The number of carbonyl (C=O) groups excluding carboxylic acids is 2. The molecule has 1 unspecified atom stereocenters. The highest BCUT2D eigenvalue weighted by Gasteiger charge is 2.24. The number of aryl methyl sites for hydroxylation is 2. The largest absolute Gasteiger partial charge is 0.449 e. The third-order valence-electron chi connectivity index (χ3n) is 5.48. The maximum Gasteiger partial charge on any atom is 0.339 e. The molecule has 4 aromatic rings. The normalized spacial score (nSPS) is 11.8. The molecule has 0 radical (unpaired) electrons. The Morgan fingerprint density at radius 3 is 2.50 bits per heavy atom. The van der Waals surface area contributed by atoms with Gasteiger partial charge < -0.3 is 15.0 Å². The number of ether oxygens (including phenoxy) is 1. The lowest BCUT2D eigenvalue weighted by molar-refractivity contribution is -0.124. The van der Waals surface area contributed by atoms with Gasteiger partial charge in [-0.2, -0.15) is 0 Å². The van der Waals surface area contributed by atoms with Crippen molar-refractivity contribution in [1.29, 1.82) is 0 Å². The molecule has 0 aliphatic carbocycles. The summed E-state index contributed by atoms with van der Waals surface area (Å²) in [4.78, 5) is 33.6. The van der Waals surface area contributed by atoms with Crippen molar-refractivity contribution in [2.45, 2.75) is 33.3 Å². The Morgan fingerprint density at radius 2 is 1.75 bits per heavy atom. The molecule has 0 saturated heterocycles. The van der Waals surface area contributed by atoms with Crippen molar-refractivity contribution in [2.75, 3.05) is 5.32 Å². The van der Waals surface area contributed by atoms with Gasteiger partial charge >= 0.3 is 5.97 Å². The number of anilines is 1. The number of fused-ring (bicyclic) bond motifs is 1. The van der Waals surface area contributed by atoms with Crippen LogP contribution in [0.3, 0.4) is 0 Å². The molecule has 0 fully saturated rings. The van der Waals surface area contributed by atoms with Crippen molar-refractivity contribution < 1.29 is 14.3 Å². The molecule has 0 saturated carbocycles. The van der Waals surface area contributed by atoms with E-state index in [0.29, 0.717) is 29.1 Å². The minimum Gasteiger partial charge on any atom is -0.449 e. The Kier molecular flexibility index (Phi) is 6.03. The van der Waals surface area contributed by atoms with Gasteiger partial charge in [0.15, 0.2) is 6.10 Å². The van der Waals surface area contributed by atoms with Crippen LogP contribution >= 0.6 is 0 Å². The molecular formula is C26H25N3O3. The van der Waals surface area contributed by atoms with Gasteiger partial charge in [-0.3, -0.25) is 4.79 Å². The first-order chi connectivity index (χ1) is 15.5. The van der Waals surface area contributed by atoms with Crippen molar-refractivity contribution in [3.05, 3.63) is 83.4 Å². The van der Waals surface area contributed by atoms with Crippen LogP contribution in [0.15, 0.2) is 66.7 Å². The van der Waals surface area contributed by atoms with E-state index in [4.69, 9.17) is 4.74 Å². The quantitative estimate of drug-likeness (QED) is 0.402. The van der Waals surface area contributed by atoms with E-state index >= 15 is 0 Å². The summed E-state index contributed by atoms with van der Waals surface area (Å²) in [6.07, 6.45) is -0.553. The van der Waals surface area contributed by atoms with Gasteiger partial charge in [-0.15, -0.1) is 0 Å². The molecule has 0 aliphatic heterocycles. The summed E-state index contributed by atoms with van der Waals surface area (Å²) in [5.74, 6) is -0.347. The van der Waals surface area contributed by atoms with Gasteiger partial charge in [0, 0.05) is 11.3 Å². The van der Waals surface area contributed by atoms with Crippen LogP contribution in [0.5, 0.6) is 0 Å². The molecule has 1 amide bonds. The van der Waals surface area contributed by atoms with Gasteiger partial charge in [0.25, 0.3) is 5.91 Å². The fraction of sp³-hybridized carbons (Fsp3) is 0.192. The summed E-state index contributed by atoms with van der Waals surface area (Å²) in [5, 5.41) is 2.85. The fourth-order valence-corrected chi connectivity index (χ4v) is 3.50. The van der Waals surface area contributed by atoms with Crippen LogP contribution in [0.25, 0.3) is 22.4 Å². The molecule has 1 atom stereocenters. The molecule has 1 heterocycles. The number of nitrogens with zero attached hydrogens (tertiary/aromatic N) is 1. The van der Waals surface area contributed by atoms with Crippen LogP contribution in [0.1, 0.15) is 34.8 Å². The van der Waals surface area contributed by atoms with E-state index in [1.807, 2.05) is 75.4 Å². The number of rotatable bonds is 6. The summed E-state index contributed by atoms with van der Waals surface area (Å²) in [6.45, 7) is 5.80. The zero-order chi connectivity index (χ0) is 22.7. The SMILES string of the molecule is CCC(OC(=O)c1ccccc1-c1nc2ccccc2[nH]1)C(=O)Nc1ccc(C)c(C)c1. The van der Waals surface area contributed by atoms with E-state index in [1.165, 1.54) is 0 Å². The molecule has 6 nitrogen and oxygen atoms in total. The first kappa shape index (κ1) is 21.3. The van der Waals surface area contributed by atoms with Gasteiger partial charge in [-0.05, 0) is 61.7 Å². The molecule has 3 aromatic carbocycles. The highest BCUT2D eigenvalue weighted by atomic mass is 16.5. The van der Waals surface area contributed by atoms with Crippen molar-refractivity contribution >= 4 is 28.6 Å². The summed E-state index contributed by atoms with van der Waals surface area (Å²) in [5.41, 5.74) is 5.56. The summed E-state index contributed by atoms with van der Waals surface area (Å²) < 4.78 is 5.62. The van der Waals surface area contributed by atoms with E-state index in [1.54, 1.807) is 12.1 Å². The second-order valence-corrected chi connectivity index (χ2v) is 7.74. The molecule has 4 rings (SSSR count). The Balaban J connectivity index is 1.55. The molecule has 162 valence electrons. The van der Waals surface area contributed by atoms with E-state index in [2.05, 4.69) is 15.3 Å². The Bertz CT molecular complexity index is 1260. The van der Waals surface area contributed by atoms with Crippen molar-refractivity contribution in [1.82, 2.24) is 9.97 Å². The number of aromatic nitrogens is 2. The predicted molar refractivity (Wildman–Crippen MR) is 126 cm³/mol. The maximum absolute atomic E-state index is 13.0. The van der Waals surface area contributed by atoms with Gasteiger partial charge in [0.2, 0.25) is 0 Å². The number of para-hydroxylation sites is 2. The number of benzene rings is 3. The topological polar surface area (TPSA) is 84.1 Å². The minimum atomic E-state index is -0.909. The minimum absolute atomic E-state index is 0.351. The third-order valence-corrected chi connectivity index (χ3v) is 5.48. The molecule has 0 spiro atoms. The number of H-pyrrole nitrogens is 1.